The van der Waals surface area contributed by atoms with Gasteiger partial charge in [-0.3, -0.25) is 0 Å². The van der Waals surface area contributed by atoms with E-state index in [4.69, 9.17) is 4.74 Å². The quantitative estimate of drug-likeness (QED) is 0.420. The lowest BCUT2D eigenvalue weighted by Crippen LogP contribution is -1.89. The van der Waals surface area contributed by atoms with E-state index in [2.05, 4.69) is 6.58 Å². The number of hydrogen-bond acceptors (Lipinski definition) is 1. The number of rotatable bonds is 4. The standard InChI is InChI=1S/C6H12O.C2H6/c1-3-5-6-7-4-2;1-2/h3H,1,4-6H2,2H3;1-2H3. The second-order valence-corrected chi connectivity index (χ2v) is 1.27. The minimum absolute atomic E-state index is 0.813. The molecule has 0 aliphatic heterocycles. The fourth-order valence-corrected chi connectivity index (χ4v) is 0.311. The maximum atomic E-state index is 5.00. The first kappa shape index (κ1) is 11.5. The summed E-state index contributed by atoms with van der Waals surface area (Å²) in [5.41, 5.74) is 0. The van der Waals surface area contributed by atoms with Crippen LogP contribution in [0.15, 0.2) is 12.7 Å². The fourth-order valence-electron chi connectivity index (χ4n) is 0.311. The molecule has 0 amide bonds. The summed E-state index contributed by atoms with van der Waals surface area (Å²) in [6.07, 6.45) is 2.82. The van der Waals surface area contributed by atoms with E-state index in [1.54, 1.807) is 0 Å². The highest BCUT2D eigenvalue weighted by Gasteiger charge is 1.75. The molecule has 1 nitrogen and oxygen atoms in total. The lowest BCUT2D eigenvalue weighted by Gasteiger charge is -1.92. The summed E-state index contributed by atoms with van der Waals surface area (Å²) < 4.78 is 5.00. The molecule has 9 heavy (non-hydrogen) atoms. The van der Waals surface area contributed by atoms with Gasteiger partial charge in [0.1, 0.15) is 0 Å². The van der Waals surface area contributed by atoms with E-state index < -0.39 is 0 Å². The highest BCUT2D eigenvalue weighted by atomic mass is 16.5. The molecule has 0 radical (unpaired) electrons. The van der Waals surface area contributed by atoms with E-state index >= 15 is 0 Å². The summed E-state index contributed by atoms with van der Waals surface area (Å²) in [7, 11) is 0. The Bertz CT molecular complexity index is 41.8. The monoisotopic (exact) mass is 130 g/mol. The SMILES string of the molecule is C=CCCOCC.CC. The van der Waals surface area contributed by atoms with Crippen LogP contribution in [-0.4, -0.2) is 13.2 Å². The zero-order valence-electron chi connectivity index (χ0n) is 6.81. The zero-order chi connectivity index (χ0) is 7.54. The molecule has 0 aromatic carbocycles. The Morgan fingerprint density at radius 3 is 2.33 bits per heavy atom. The van der Waals surface area contributed by atoms with Crippen LogP contribution in [0, 0.1) is 0 Å². The van der Waals surface area contributed by atoms with Gasteiger partial charge in [-0.15, -0.1) is 6.58 Å². The van der Waals surface area contributed by atoms with Crippen molar-refractivity contribution >= 4 is 0 Å². The van der Waals surface area contributed by atoms with E-state index in [-0.39, 0.29) is 0 Å². The Kier molecular flexibility index (Phi) is 20.0. The minimum Gasteiger partial charge on any atom is -0.381 e. The largest absolute Gasteiger partial charge is 0.381 e. The Morgan fingerprint density at radius 2 is 2.00 bits per heavy atom. The van der Waals surface area contributed by atoms with E-state index in [9.17, 15) is 0 Å². The maximum absolute atomic E-state index is 5.00. The molecule has 0 aromatic rings. The summed E-state index contributed by atoms with van der Waals surface area (Å²) in [6.45, 7) is 11.2. The molecule has 1 heteroatoms. The van der Waals surface area contributed by atoms with Gasteiger partial charge in [-0.05, 0) is 13.3 Å². The van der Waals surface area contributed by atoms with Crippen molar-refractivity contribution in [1.82, 2.24) is 0 Å². The van der Waals surface area contributed by atoms with E-state index in [1.807, 2.05) is 26.8 Å². The van der Waals surface area contributed by atoms with Crippen molar-refractivity contribution in [3.05, 3.63) is 12.7 Å². The van der Waals surface area contributed by atoms with Crippen LogP contribution >= 0.6 is 0 Å². The topological polar surface area (TPSA) is 9.23 Å². The summed E-state index contributed by atoms with van der Waals surface area (Å²) in [6, 6.07) is 0. The molecular weight excluding hydrogens is 112 g/mol. The van der Waals surface area contributed by atoms with Crippen LogP contribution in [0.3, 0.4) is 0 Å². The second kappa shape index (κ2) is 15.6. The fraction of sp³-hybridized carbons (Fsp3) is 0.750. The lowest BCUT2D eigenvalue weighted by molar-refractivity contribution is 0.152. The van der Waals surface area contributed by atoms with Gasteiger partial charge in [0.2, 0.25) is 0 Å². The molecule has 0 N–H and O–H groups in total. The predicted molar refractivity (Wildman–Crippen MR) is 42.7 cm³/mol. The molecule has 0 aliphatic carbocycles. The van der Waals surface area contributed by atoms with Gasteiger partial charge in [-0.1, -0.05) is 19.9 Å². The van der Waals surface area contributed by atoms with Gasteiger partial charge in [0.15, 0.2) is 0 Å². The Labute approximate surface area is 58.7 Å². The Hall–Kier alpha value is -0.300. The first-order valence-corrected chi connectivity index (χ1v) is 3.60. The van der Waals surface area contributed by atoms with Crippen molar-refractivity contribution < 1.29 is 4.74 Å². The predicted octanol–water partition coefficient (Wildman–Crippen LogP) is 2.63. The van der Waals surface area contributed by atoms with E-state index in [1.165, 1.54) is 0 Å². The highest BCUT2D eigenvalue weighted by molar-refractivity contribution is 4.64. The third-order valence-corrected chi connectivity index (χ3v) is 0.670. The van der Waals surface area contributed by atoms with Crippen molar-refractivity contribution in [2.45, 2.75) is 27.2 Å². The van der Waals surface area contributed by atoms with E-state index in [0.29, 0.717) is 0 Å². The lowest BCUT2D eigenvalue weighted by atomic mass is 10.5. The van der Waals surface area contributed by atoms with E-state index in [0.717, 1.165) is 19.6 Å². The first-order valence-electron chi connectivity index (χ1n) is 3.60. The van der Waals surface area contributed by atoms with Gasteiger partial charge in [0.25, 0.3) is 0 Å². The van der Waals surface area contributed by atoms with Crippen LogP contribution in [0.1, 0.15) is 27.2 Å². The Balaban J connectivity index is 0. The molecule has 0 saturated heterocycles. The van der Waals surface area contributed by atoms with Gasteiger partial charge in [0.05, 0.1) is 0 Å². The van der Waals surface area contributed by atoms with Crippen LogP contribution in [-0.2, 0) is 4.74 Å². The molecule has 0 rings (SSSR count). The van der Waals surface area contributed by atoms with Gasteiger partial charge in [-0.25, -0.2) is 0 Å². The summed E-state index contributed by atoms with van der Waals surface area (Å²) in [4.78, 5) is 0. The molecule has 0 aromatic heterocycles. The minimum atomic E-state index is 0.813. The molecular formula is C8H18O. The normalized spacial score (nSPS) is 7.44. The average molecular weight is 130 g/mol. The first-order chi connectivity index (χ1) is 4.41. The molecule has 56 valence electrons. The maximum Gasteiger partial charge on any atom is 0.0500 e. The second-order valence-electron chi connectivity index (χ2n) is 1.27. The molecule has 0 saturated carbocycles. The third kappa shape index (κ3) is 18.3. The number of ether oxygens (including phenoxy) is 1. The molecule has 0 fully saturated rings. The average Bonchev–Trinajstić information content (AvgIpc) is 1.94. The Morgan fingerprint density at radius 1 is 1.44 bits per heavy atom. The summed E-state index contributed by atoms with van der Waals surface area (Å²) in [5.74, 6) is 0. The number of hydrogen-bond donors (Lipinski definition) is 0. The van der Waals surface area contributed by atoms with Crippen molar-refractivity contribution in [3.8, 4) is 0 Å². The third-order valence-electron chi connectivity index (χ3n) is 0.670. The van der Waals surface area contributed by atoms with Crippen molar-refractivity contribution in [2.75, 3.05) is 13.2 Å². The molecule has 0 bridgehead atoms. The van der Waals surface area contributed by atoms with Crippen LogP contribution in [0.5, 0.6) is 0 Å². The highest BCUT2D eigenvalue weighted by Crippen LogP contribution is 1.79. The molecule has 0 unspecified atom stereocenters. The van der Waals surface area contributed by atoms with Crippen molar-refractivity contribution in [1.29, 1.82) is 0 Å². The van der Waals surface area contributed by atoms with Gasteiger partial charge >= 0.3 is 0 Å². The summed E-state index contributed by atoms with van der Waals surface area (Å²) in [5, 5.41) is 0. The summed E-state index contributed by atoms with van der Waals surface area (Å²) >= 11 is 0. The van der Waals surface area contributed by atoms with Crippen LogP contribution in [0.25, 0.3) is 0 Å². The molecule has 0 aliphatic rings. The molecule has 0 atom stereocenters. The van der Waals surface area contributed by atoms with Gasteiger partial charge in [0, 0.05) is 13.2 Å². The van der Waals surface area contributed by atoms with Crippen LogP contribution < -0.4 is 0 Å². The molecule has 0 spiro atoms. The van der Waals surface area contributed by atoms with Crippen molar-refractivity contribution in [2.24, 2.45) is 0 Å². The van der Waals surface area contributed by atoms with Gasteiger partial charge < -0.3 is 4.74 Å². The molecule has 0 heterocycles. The van der Waals surface area contributed by atoms with Crippen LogP contribution in [0.2, 0.25) is 0 Å². The van der Waals surface area contributed by atoms with Crippen LogP contribution in [0.4, 0.5) is 0 Å². The van der Waals surface area contributed by atoms with Gasteiger partial charge in [-0.2, -0.15) is 0 Å². The smallest absolute Gasteiger partial charge is 0.0500 e. The zero-order valence-corrected chi connectivity index (χ0v) is 6.81. The van der Waals surface area contributed by atoms with Crippen molar-refractivity contribution in [3.63, 3.8) is 0 Å².